The largest absolute Gasteiger partial charge is 0.314 e. The Morgan fingerprint density at radius 2 is 2.19 bits per heavy atom. The van der Waals surface area contributed by atoms with Gasteiger partial charge in [-0.15, -0.1) is 0 Å². The fraction of sp³-hybridized carbons (Fsp3) is 0.778. The molecule has 2 rings (SSSR count). The van der Waals surface area contributed by atoms with Crippen LogP contribution < -0.4 is 5.32 Å². The molecule has 1 aliphatic carbocycles. The highest BCUT2D eigenvalue weighted by atomic mass is 32.1. The molecule has 0 amide bonds. The summed E-state index contributed by atoms with van der Waals surface area (Å²) in [4.78, 5) is 2.52. The first-order chi connectivity index (χ1) is 10.2. The average molecular weight is 309 g/mol. The summed E-state index contributed by atoms with van der Waals surface area (Å²) >= 11 is 1.80. The maximum Gasteiger partial charge on any atom is 0.0239 e. The van der Waals surface area contributed by atoms with Crippen LogP contribution in [0.2, 0.25) is 0 Å². The van der Waals surface area contributed by atoms with E-state index in [0.29, 0.717) is 0 Å². The number of hydrogen-bond donors (Lipinski definition) is 1. The van der Waals surface area contributed by atoms with E-state index < -0.39 is 0 Å². The molecule has 1 fully saturated rings. The van der Waals surface area contributed by atoms with Crippen LogP contribution in [0.25, 0.3) is 0 Å². The van der Waals surface area contributed by atoms with Crippen molar-refractivity contribution in [1.29, 1.82) is 0 Å². The second kappa shape index (κ2) is 8.92. The van der Waals surface area contributed by atoms with E-state index in [9.17, 15) is 0 Å². The molecule has 2 nitrogen and oxygen atoms in total. The molecule has 3 heteroatoms. The molecule has 1 N–H and O–H groups in total. The van der Waals surface area contributed by atoms with Crippen molar-refractivity contribution in [2.75, 3.05) is 20.1 Å². The lowest BCUT2D eigenvalue weighted by Crippen LogP contribution is -2.45. The molecule has 1 aromatic rings. The van der Waals surface area contributed by atoms with Crippen molar-refractivity contribution in [2.24, 2.45) is 11.8 Å². The minimum absolute atomic E-state index is 0.734. The van der Waals surface area contributed by atoms with Crippen LogP contribution in [0.4, 0.5) is 0 Å². The van der Waals surface area contributed by atoms with Crippen LogP contribution in [0, 0.1) is 11.8 Å². The Morgan fingerprint density at radius 3 is 2.86 bits per heavy atom. The van der Waals surface area contributed by atoms with Crippen molar-refractivity contribution in [3.05, 3.63) is 22.4 Å². The summed E-state index contributed by atoms with van der Waals surface area (Å²) in [5.74, 6) is 1.77. The highest BCUT2D eigenvalue weighted by Crippen LogP contribution is 2.32. The molecular weight excluding hydrogens is 276 g/mol. The molecular formula is C18H32N2S. The quantitative estimate of drug-likeness (QED) is 0.767. The zero-order valence-corrected chi connectivity index (χ0v) is 14.8. The van der Waals surface area contributed by atoms with Crippen LogP contribution in [0.5, 0.6) is 0 Å². The Hall–Kier alpha value is -0.380. The van der Waals surface area contributed by atoms with E-state index in [1.165, 1.54) is 50.8 Å². The molecule has 1 saturated carbocycles. The third kappa shape index (κ3) is 5.39. The Morgan fingerprint density at radius 1 is 1.33 bits per heavy atom. The number of thiophene rings is 1. The van der Waals surface area contributed by atoms with Crippen LogP contribution >= 0.6 is 11.3 Å². The maximum atomic E-state index is 3.81. The molecule has 0 spiro atoms. The molecule has 3 atom stereocenters. The van der Waals surface area contributed by atoms with Crippen LogP contribution in [-0.2, 0) is 6.54 Å². The highest BCUT2D eigenvalue weighted by molar-refractivity contribution is 7.07. The zero-order valence-electron chi connectivity index (χ0n) is 14.0. The van der Waals surface area contributed by atoms with Gasteiger partial charge in [0, 0.05) is 19.1 Å². The minimum Gasteiger partial charge on any atom is -0.314 e. The summed E-state index contributed by atoms with van der Waals surface area (Å²) in [6.07, 6.45) is 6.79. The normalized spacial score (nSPS) is 26.4. The summed E-state index contributed by atoms with van der Waals surface area (Å²) < 4.78 is 0. The van der Waals surface area contributed by atoms with E-state index >= 15 is 0 Å². The number of nitrogens with zero attached hydrogens (tertiary/aromatic N) is 1. The second-order valence-corrected chi connectivity index (χ2v) is 7.52. The van der Waals surface area contributed by atoms with Crippen LogP contribution in [0.15, 0.2) is 16.8 Å². The third-order valence-corrected chi connectivity index (χ3v) is 5.64. The topological polar surface area (TPSA) is 15.3 Å². The van der Waals surface area contributed by atoms with E-state index in [1.807, 2.05) is 0 Å². The van der Waals surface area contributed by atoms with E-state index in [0.717, 1.165) is 24.4 Å². The van der Waals surface area contributed by atoms with Crippen LogP contribution in [0.1, 0.15) is 51.5 Å². The van der Waals surface area contributed by atoms with Crippen molar-refractivity contribution in [3.63, 3.8) is 0 Å². The van der Waals surface area contributed by atoms with E-state index in [4.69, 9.17) is 0 Å². The van der Waals surface area contributed by atoms with E-state index in [-0.39, 0.29) is 0 Å². The van der Waals surface area contributed by atoms with Crippen LogP contribution in [0.3, 0.4) is 0 Å². The van der Waals surface area contributed by atoms with Gasteiger partial charge < -0.3 is 10.2 Å². The summed E-state index contributed by atoms with van der Waals surface area (Å²) in [7, 11) is 2.28. The summed E-state index contributed by atoms with van der Waals surface area (Å²) in [5, 5.41) is 8.27. The monoisotopic (exact) mass is 308 g/mol. The molecule has 21 heavy (non-hydrogen) atoms. The van der Waals surface area contributed by atoms with Gasteiger partial charge in [0.2, 0.25) is 0 Å². The fourth-order valence-corrected chi connectivity index (χ4v) is 4.35. The minimum atomic E-state index is 0.734. The summed E-state index contributed by atoms with van der Waals surface area (Å²) in [5.41, 5.74) is 1.46. The molecule has 0 radical (unpaired) electrons. The predicted molar refractivity (Wildman–Crippen MR) is 93.9 cm³/mol. The van der Waals surface area contributed by atoms with Crippen molar-refractivity contribution in [3.8, 4) is 0 Å². The van der Waals surface area contributed by atoms with Gasteiger partial charge in [0.15, 0.2) is 0 Å². The summed E-state index contributed by atoms with van der Waals surface area (Å²) in [6.45, 7) is 8.12. The first kappa shape index (κ1) is 17.0. The lowest BCUT2D eigenvalue weighted by Gasteiger charge is -2.38. The van der Waals surface area contributed by atoms with E-state index in [2.05, 4.69) is 47.9 Å². The van der Waals surface area contributed by atoms with Crippen molar-refractivity contribution < 1.29 is 0 Å². The molecule has 120 valence electrons. The van der Waals surface area contributed by atoms with E-state index in [1.54, 1.807) is 11.3 Å². The molecule has 0 aromatic carbocycles. The molecule has 0 aliphatic heterocycles. The van der Waals surface area contributed by atoms with Gasteiger partial charge in [0.1, 0.15) is 0 Å². The smallest absolute Gasteiger partial charge is 0.0239 e. The van der Waals surface area contributed by atoms with Crippen molar-refractivity contribution in [2.45, 2.75) is 58.5 Å². The maximum absolute atomic E-state index is 3.81. The Balaban J connectivity index is 1.88. The molecule has 3 unspecified atom stereocenters. The second-order valence-electron chi connectivity index (χ2n) is 6.74. The molecule has 1 aromatic heterocycles. The first-order valence-corrected chi connectivity index (χ1v) is 9.60. The predicted octanol–water partition coefficient (Wildman–Crippen LogP) is 4.37. The molecule has 0 bridgehead atoms. The highest BCUT2D eigenvalue weighted by Gasteiger charge is 2.29. The van der Waals surface area contributed by atoms with Crippen molar-refractivity contribution in [1.82, 2.24) is 10.2 Å². The van der Waals surface area contributed by atoms with Gasteiger partial charge in [-0.1, -0.05) is 20.3 Å². The molecule has 1 aliphatic rings. The lowest BCUT2D eigenvalue weighted by atomic mass is 9.76. The SMILES string of the molecule is CCCNC1CCC(CC)CC1CN(C)Cc1ccsc1. The number of nitrogens with one attached hydrogen (secondary N) is 1. The Labute approximate surface area is 134 Å². The van der Waals surface area contributed by atoms with Crippen LogP contribution in [-0.4, -0.2) is 31.1 Å². The van der Waals surface area contributed by atoms with Gasteiger partial charge in [0.25, 0.3) is 0 Å². The molecule has 1 heterocycles. The zero-order chi connectivity index (χ0) is 15.1. The first-order valence-electron chi connectivity index (χ1n) is 8.65. The van der Waals surface area contributed by atoms with Gasteiger partial charge in [-0.2, -0.15) is 11.3 Å². The Bertz CT molecular complexity index is 377. The fourth-order valence-electron chi connectivity index (χ4n) is 3.69. The van der Waals surface area contributed by atoms with Gasteiger partial charge in [-0.05, 0) is 73.5 Å². The van der Waals surface area contributed by atoms with Gasteiger partial charge in [-0.25, -0.2) is 0 Å². The molecule has 0 saturated heterocycles. The lowest BCUT2D eigenvalue weighted by molar-refractivity contribution is 0.149. The number of hydrogen-bond acceptors (Lipinski definition) is 3. The standard InChI is InChI=1S/C18H32N2S/c1-4-9-19-18-7-6-15(5-2)11-17(18)13-20(3)12-16-8-10-21-14-16/h8,10,14-15,17-19H,4-7,9,11-13H2,1-3H3. The van der Waals surface area contributed by atoms with Crippen molar-refractivity contribution >= 4 is 11.3 Å². The average Bonchev–Trinajstić information content (AvgIpc) is 2.98. The van der Waals surface area contributed by atoms with Gasteiger partial charge >= 0.3 is 0 Å². The van der Waals surface area contributed by atoms with Gasteiger partial charge in [0.05, 0.1) is 0 Å². The van der Waals surface area contributed by atoms with Gasteiger partial charge in [-0.3, -0.25) is 0 Å². The summed E-state index contributed by atoms with van der Waals surface area (Å²) in [6, 6.07) is 2.99. The Kier molecular flexibility index (Phi) is 7.21. The third-order valence-electron chi connectivity index (χ3n) is 4.90. The number of rotatable bonds is 8.